The summed E-state index contributed by atoms with van der Waals surface area (Å²) in [6.07, 6.45) is 0. The Morgan fingerprint density at radius 2 is 1.91 bits per heavy atom. The molecule has 1 unspecified atom stereocenters. The lowest BCUT2D eigenvalue weighted by molar-refractivity contribution is -0.134. The Bertz CT molecular complexity index is 496. The largest absolute Gasteiger partial charge is 0.378 e. The number of carbonyl (C=O) groups excluding carboxylic acids is 1. The normalized spacial score (nSPS) is 17.4. The molecule has 0 bridgehead atoms. The summed E-state index contributed by atoms with van der Waals surface area (Å²) in [6.45, 7) is 9.10. The summed E-state index contributed by atoms with van der Waals surface area (Å²) in [6, 6.07) is 6.64. The molecule has 2 rings (SSSR count). The number of nitrogens with one attached hydrogen (secondary N) is 1. The number of amides is 1. The summed E-state index contributed by atoms with van der Waals surface area (Å²) in [4.78, 5) is 14.0. The first-order valence-electron chi connectivity index (χ1n) is 7.76. The monoisotopic (exact) mass is 308 g/mol. The Morgan fingerprint density at radius 1 is 1.32 bits per heavy atom. The van der Waals surface area contributed by atoms with Gasteiger partial charge in [0.05, 0.1) is 19.8 Å². The number of morpholine rings is 1. The Labute approximate surface area is 131 Å². The van der Waals surface area contributed by atoms with Crippen LogP contribution in [-0.2, 0) is 14.9 Å². The second-order valence-corrected chi connectivity index (χ2v) is 6.32. The van der Waals surface area contributed by atoms with E-state index in [0.717, 1.165) is 5.56 Å². The molecule has 1 heterocycles. The third-order valence-electron chi connectivity index (χ3n) is 4.59. The number of ether oxygens (including phenoxy) is 1. The summed E-state index contributed by atoms with van der Waals surface area (Å²) in [5, 5.41) is 3.31. The van der Waals surface area contributed by atoms with Crippen molar-refractivity contribution in [2.75, 3.05) is 32.8 Å². The molecule has 0 radical (unpaired) electrons. The Balaban J connectivity index is 1.91. The first-order valence-corrected chi connectivity index (χ1v) is 7.76. The van der Waals surface area contributed by atoms with Crippen LogP contribution in [0.5, 0.6) is 0 Å². The average Bonchev–Trinajstić information content (AvgIpc) is 2.53. The van der Waals surface area contributed by atoms with E-state index in [4.69, 9.17) is 4.74 Å². The van der Waals surface area contributed by atoms with Crippen molar-refractivity contribution in [2.24, 2.45) is 0 Å². The van der Waals surface area contributed by atoms with Crippen molar-refractivity contribution in [1.29, 1.82) is 0 Å². The van der Waals surface area contributed by atoms with Gasteiger partial charge in [0.2, 0.25) is 5.91 Å². The molecule has 1 saturated heterocycles. The molecule has 0 aliphatic carbocycles. The number of halogens is 1. The molecule has 1 atom stereocenters. The van der Waals surface area contributed by atoms with E-state index in [1.165, 1.54) is 12.1 Å². The number of rotatable bonds is 5. The van der Waals surface area contributed by atoms with Gasteiger partial charge in [0.1, 0.15) is 5.82 Å². The lowest BCUT2D eigenvalue weighted by atomic mass is 9.78. The first kappa shape index (κ1) is 16.9. The number of hydrogen-bond acceptors (Lipinski definition) is 3. The van der Waals surface area contributed by atoms with E-state index in [1.54, 1.807) is 12.1 Å². The molecule has 1 aromatic carbocycles. The summed E-state index contributed by atoms with van der Waals surface area (Å²) in [5.74, 6) is -0.132. The van der Waals surface area contributed by atoms with Gasteiger partial charge >= 0.3 is 0 Å². The van der Waals surface area contributed by atoms with Crippen LogP contribution >= 0.6 is 0 Å². The van der Waals surface area contributed by atoms with Crippen LogP contribution in [0.3, 0.4) is 0 Å². The van der Waals surface area contributed by atoms with Crippen molar-refractivity contribution in [3.8, 4) is 0 Å². The fourth-order valence-electron chi connectivity index (χ4n) is 2.55. The van der Waals surface area contributed by atoms with Crippen LogP contribution in [0, 0.1) is 5.82 Å². The summed E-state index contributed by atoms with van der Waals surface area (Å²) in [7, 11) is 0. The molecule has 1 N–H and O–H groups in total. The molecule has 0 spiro atoms. The van der Waals surface area contributed by atoms with Gasteiger partial charge in [0.15, 0.2) is 0 Å². The minimum atomic E-state index is -0.234. The summed E-state index contributed by atoms with van der Waals surface area (Å²) >= 11 is 0. The Hall–Kier alpha value is -1.46. The number of carbonyl (C=O) groups is 1. The molecule has 1 fully saturated rings. The van der Waals surface area contributed by atoms with Crippen LogP contribution in [0.25, 0.3) is 0 Å². The zero-order valence-electron chi connectivity index (χ0n) is 13.6. The zero-order chi connectivity index (χ0) is 16.2. The fraction of sp³-hybridized carbons (Fsp3) is 0.588. The minimum Gasteiger partial charge on any atom is -0.378 e. The van der Waals surface area contributed by atoms with Gasteiger partial charge in [-0.3, -0.25) is 4.79 Å². The molecular weight excluding hydrogens is 283 g/mol. The molecule has 1 amide bonds. The molecule has 4 nitrogen and oxygen atoms in total. The van der Waals surface area contributed by atoms with Crippen LogP contribution in [-0.4, -0.2) is 49.7 Å². The SMILES string of the molecule is CC(NCC(=O)N1CCOCC1)C(C)(C)c1ccc(F)cc1. The Morgan fingerprint density at radius 3 is 2.50 bits per heavy atom. The first-order chi connectivity index (χ1) is 10.4. The number of hydrogen-bond donors (Lipinski definition) is 1. The summed E-state index contributed by atoms with van der Waals surface area (Å²) < 4.78 is 18.3. The van der Waals surface area contributed by atoms with Gasteiger partial charge in [-0.1, -0.05) is 26.0 Å². The third kappa shape index (κ3) is 4.05. The van der Waals surface area contributed by atoms with E-state index < -0.39 is 0 Å². The van der Waals surface area contributed by atoms with Crippen molar-refractivity contribution in [1.82, 2.24) is 10.2 Å². The lowest BCUT2D eigenvalue weighted by Crippen LogP contribution is -2.49. The predicted molar refractivity (Wildman–Crippen MR) is 84.3 cm³/mol. The van der Waals surface area contributed by atoms with Gasteiger partial charge in [0, 0.05) is 24.5 Å². The van der Waals surface area contributed by atoms with Crippen LogP contribution < -0.4 is 5.32 Å². The highest BCUT2D eigenvalue weighted by molar-refractivity contribution is 5.78. The van der Waals surface area contributed by atoms with Crippen LogP contribution in [0.2, 0.25) is 0 Å². The van der Waals surface area contributed by atoms with Gasteiger partial charge in [-0.15, -0.1) is 0 Å². The molecule has 0 saturated carbocycles. The molecule has 1 aromatic rings. The highest BCUT2D eigenvalue weighted by Crippen LogP contribution is 2.27. The second kappa shape index (κ2) is 7.20. The molecule has 5 heteroatoms. The predicted octanol–water partition coefficient (Wildman–Crippen LogP) is 1.94. The third-order valence-corrected chi connectivity index (χ3v) is 4.59. The van der Waals surface area contributed by atoms with Gasteiger partial charge in [-0.2, -0.15) is 0 Å². The van der Waals surface area contributed by atoms with Crippen molar-refractivity contribution in [3.05, 3.63) is 35.6 Å². The Kier molecular flexibility index (Phi) is 5.53. The van der Waals surface area contributed by atoms with Gasteiger partial charge in [-0.25, -0.2) is 4.39 Å². The van der Waals surface area contributed by atoms with Crippen molar-refractivity contribution >= 4 is 5.91 Å². The molecule has 122 valence electrons. The maximum Gasteiger partial charge on any atom is 0.236 e. The van der Waals surface area contributed by atoms with E-state index in [0.29, 0.717) is 32.8 Å². The molecular formula is C17H25FN2O2. The highest BCUT2D eigenvalue weighted by atomic mass is 19.1. The van der Waals surface area contributed by atoms with Gasteiger partial charge in [0.25, 0.3) is 0 Å². The van der Waals surface area contributed by atoms with E-state index in [-0.39, 0.29) is 23.2 Å². The summed E-state index contributed by atoms with van der Waals surface area (Å²) in [5.41, 5.74) is 0.853. The van der Waals surface area contributed by atoms with E-state index in [9.17, 15) is 9.18 Å². The molecule has 1 aliphatic rings. The molecule has 22 heavy (non-hydrogen) atoms. The van der Waals surface area contributed by atoms with Crippen molar-refractivity contribution < 1.29 is 13.9 Å². The minimum absolute atomic E-state index is 0.0861. The highest BCUT2D eigenvalue weighted by Gasteiger charge is 2.28. The fourth-order valence-corrected chi connectivity index (χ4v) is 2.55. The van der Waals surface area contributed by atoms with E-state index >= 15 is 0 Å². The van der Waals surface area contributed by atoms with Gasteiger partial charge in [-0.05, 0) is 24.6 Å². The number of nitrogens with zero attached hydrogens (tertiary/aromatic N) is 1. The second-order valence-electron chi connectivity index (χ2n) is 6.32. The van der Waals surface area contributed by atoms with Gasteiger partial charge < -0.3 is 15.0 Å². The van der Waals surface area contributed by atoms with Crippen LogP contribution in [0.1, 0.15) is 26.3 Å². The molecule has 1 aliphatic heterocycles. The van der Waals surface area contributed by atoms with Crippen LogP contribution in [0.4, 0.5) is 4.39 Å². The smallest absolute Gasteiger partial charge is 0.236 e. The lowest BCUT2D eigenvalue weighted by Gasteiger charge is -2.34. The topological polar surface area (TPSA) is 41.6 Å². The molecule has 0 aromatic heterocycles. The van der Waals surface area contributed by atoms with Crippen molar-refractivity contribution in [2.45, 2.75) is 32.2 Å². The van der Waals surface area contributed by atoms with E-state index in [1.807, 2.05) is 4.90 Å². The van der Waals surface area contributed by atoms with Crippen LogP contribution in [0.15, 0.2) is 24.3 Å². The zero-order valence-corrected chi connectivity index (χ0v) is 13.6. The number of benzene rings is 1. The van der Waals surface area contributed by atoms with Crippen molar-refractivity contribution in [3.63, 3.8) is 0 Å². The maximum atomic E-state index is 13.1. The van der Waals surface area contributed by atoms with E-state index in [2.05, 4.69) is 26.1 Å². The standard InChI is InChI=1S/C17H25FN2O2/c1-13(17(2,3)14-4-6-15(18)7-5-14)19-12-16(21)20-8-10-22-11-9-20/h4-7,13,19H,8-12H2,1-3H3. The quantitative estimate of drug-likeness (QED) is 0.904. The average molecular weight is 308 g/mol. The maximum absolute atomic E-state index is 13.1.